The number of benzene rings is 1. The van der Waals surface area contributed by atoms with Crippen LogP contribution in [0.1, 0.15) is 0 Å². The molecule has 0 bridgehead atoms. The molecular formula is C20H21N3O4S. The fourth-order valence-electron chi connectivity index (χ4n) is 3.18. The Hall–Kier alpha value is -2.74. The van der Waals surface area contributed by atoms with E-state index in [1.165, 1.54) is 11.8 Å². The number of ether oxygens (including phenoxy) is 2. The van der Waals surface area contributed by atoms with E-state index in [4.69, 9.17) is 9.47 Å². The summed E-state index contributed by atoms with van der Waals surface area (Å²) < 4.78 is 11.4. The van der Waals surface area contributed by atoms with Crippen LogP contribution in [0.4, 0.5) is 0 Å². The topological polar surface area (TPSA) is 72.0 Å². The molecule has 2 aromatic rings. The summed E-state index contributed by atoms with van der Waals surface area (Å²) in [5, 5.41) is 0.833. The standard InChI is InChI=1S/C20H21N3O4S/c24-19(14-28-18-7-3-4-8-21-18)22-9-11-23(12-10-22)20(25)17-13-26-15-5-1-2-6-16(15)27-17/h1-8,17H,9-14H2. The first-order valence-corrected chi connectivity index (χ1v) is 10.2. The zero-order valence-corrected chi connectivity index (χ0v) is 16.1. The Kier molecular flexibility index (Phi) is 5.66. The molecule has 1 aromatic heterocycles. The van der Waals surface area contributed by atoms with Crippen LogP contribution in [0.5, 0.6) is 11.5 Å². The van der Waals surface area contributed by atoms with Crippen LogP contribution in [0.3, 0.4) is 0 Å². The summed E-state index contributed by atoms with van der Waals surface area (Å²) in [6.07, 6.45) is 1.07. The minimum Gasteiger partial charge on any atom is -0.485 e. The monoisotopic (exact) mass is 399 g/mol. The molecule has 2 amide bonds. The Morgan fingerprint density at radius 2 is 1.71 bits per heavy atom. The van der Waals surface area contributed by atoms with Gasteiger partial charge < -0.3 is 19.3 Å². The fraction of sp³-hybridized carbons (Fsp3) is 0.350. The number of hydrogen-bond acceptors (Lipinski definition) is 6. The molecule has 8 heteroatoms. The van der Waals surface area contributed by atoms with Crippen molar-refractivity contribution in [2.45, 2.75) is 11.1 Å². The smallest absolute Gasteiger partial charge is 0.267 e. The van der Waals surface area contributed by atoms with Gasteiger partial charge in [-0.1, -0.05) is 30.0 Å². The number of aromatic nitrogens is 1. The molecule has 1 saturated heterocycles. The SMILES string of the molecule is O=C(CSc1ccccn1)N1CCN(C(=O)C2COc3ccccc3O2)CC1. The lowest BCUT2D eigenvalue weighted by molar-refractivity contribution is -0.145. The minimum absolute atomic E-state index is 0.0638. The van der Waals surface area contributed by atoms with E-state index in [-0.39, 0.29) is 18.4 Å². The van der Waals surface area contributed by atoms with Crippen molar-refractivity contribution in [3.8, 4) is 11.5 Å². The number of para-hydroxylation sites is 2. The average Bonchev–Trinajstić information content (AvgIpc) is 2.77. The molecule has 0 aliphatic carbocycles. The van der Waals surface area contributed by atoms with E-state index < -0.39 is 6.10 Å². The van der Waals surface area contributed by atoms with Crippen molar-refractivity contribution >= 4 is 23.6 Å². The number of pyridine rings is 1. The van der Waals surface area contributed by atoms with Gasteiger partial charge in [-0.3, -0.25) is 9.59 Å². The first kappa shape index (κ1) is 18.6. The van der Waals surface area contributed by atoms with Crippen LogP contribution < -0.4 is 9.47 Å². The minimum atomic E-state index is -0.642. The van der Waals surface area contributed by atoms with Gasteiger partial charge in [0, 0.05) is 32.4 Å². The molecule has 1 unspecified atom stereocenters. The van der Waals surface area contributed by atoms with Crippen molar-refractivity contribution in [1.29, 1.82) is 0 Å². The van der Waals surface area contributed by atoms with E-state index in [0.717, 1.165) is 5.03 Å². The lowest BCUT2D eigenvalue weighted by Gasteiger charge is -2.37. The second kappa shape index (κ2) is 8.52. The van der Waals surface area contributed by atoms with Crippen LogP contribution in [0, 0.1) is 0 Å². The summed E-state index contributed by atoms with van der Waals surface area (Å²) in [4.78, 5) is 32.9. The Labute approximate surface area is 167 Å². The maximum atomic E-state index is 12.8. The predicted molar refractivity (Wildman–Crippen MR) is 104 cm³/mol. The molecule has 2 aliphatic rings. The maximum absolute atomic E-state index is 12.8. The molecule has 1 aromatic carbocycles. The molecule has 0 spiro atoms. The second-order valence-corrected chi connectivity index (χ2v) is 7.52. The lowest BCUT2D eigenvalue weighted by atomic mass is 10.2. The highest BCUT2D eigenvalue weighted by molar-refractivity contribution is 7.99. The number of nitrogens with zero attached hydrogens (tertiary/aromatic N) is 3. The van der Waals surface area contributed by atoms with Crippen molar-refractivity contribution < 1.29 is 19.1 Å². The van der Waals surface area contributed by atoms with E-state index in [0.29, 0.717) is 43.4 Å². The number of carbonyl (C=O) groups excluding carboxylic acids is 2. The van der Waals surface area contributed by atoms with Gasteiger partial charge in [0.05, 0.1) is 10.8 Å². The van der Waals surface area contributed by atoms with Gasteiger partial charge >= 0.3 is 0 Å². The summed E-state index contributed by atoms with van der Waals surface area (Å²) in [7, 11) is 0. The third-order valence-corrected chi connectivity index (χ3v) is 5.64. The van der Waals surface area contributed by atoms with E-state index >= 15 is 0 Å². The van der Waals surface area contributed by atoms with Gasteiger partial charge in [0.25, 0.3) is 5.91 Å². The Balaban J connectivity index is 1.26. The third kappa shape index (κ3) is 4.22. The van der Waals surface area contributed by atoms with Gasteiger partial charge in [0.2, 0.25) is 12.0 Å². The van der Waals surface area contributed by atoms with Gasteiger partial charge in [-0.05, 0) is 24.3 Å². The summed E-state index contributed by atoms with van der Waals surface area (Å²) >= 11 is 1.43. The van der Waals surface area contributed by atoms with Crippen LogP contribution >= 0.6 is 11.8 Å². The highest BCUT2D eigenvalue weighted by Gasteiger charge is 2.33. The second-order valence-electron chi connectivity index (χ2n) is 6.53. The van der Waals surface area contributed by atoms with Crippen molar-refractivity contribution in [3.05, 3.63) is 48.7 Å². The van der Waals surface area contributed by atoms with Crippen molar-refractivity contribution in [3.63, 3.8) is 0 Å². The molecule has 0 radical (unpaired) electrons. The zero-order chi connectivity index (χ0) is 19.3. The number of carbonyl (C=O) groups is 2. The largest absolute Gasteiger partial charge is 0.485 e. The number of rotatable bonds is 4. The van der Waals surface area contributed by atoms with Crippen molar-refractivity contribution in [1.82, 2.24) is 14.8 Å². The predicted octanol–water partition coefficient (Wildman–Crippen LogP) is 1.68. The molecule has 28 heavy (non-hydrogen) atoms. The summed E-state index contributed by atoms with van der Waals surface area (Å²) in [5.74, 6) is 1.57. The van der Waals surface area contributed by atoms with Gasteiger partial charge in [-0.2, -0.15) is 0 Å². The van der Waals surface area contributed by atoms with Crippen LogP contribution in [0.15, 0.2) is 53.7 Å². The van der Waals surface area contributed by atoms with Crippen molar-refractivity contribution in [2.75, 3.05) is 38.5 Å². The number of piperazine rings is 1. The molecular weight excluding hydrogens is 378 g/mol. The quantitative estimate of drug-likeness (QED) is 0.729. The van der Waals surface area contributed by atoms with Crippen LogP contribution in [0.2, 0.25) is 0 Å². The van der Waals surface area contributed by atoms with Crippen LogP contribution in [-0.4, -0.2) is 71.2 Å². The average molecular weight is 399 g/mol. The van der Waals surface area contributed by atoms with Crippen LogP contribution in [0.25, 0.3) is 0 Å². The number of amides is 2. The maximum Gasteiger partial charge on any atom is 0.267 e. The van der Waals surface area contributed by atoms with Gasteiger partial charge in [-0.25, -0.2) is 4.98 Å². The molecule has 4 rings (SSSR count). The first-order chi connectivity index (χ1) is 13.7. The molecule has 1 atom stereocenters. The fourth-order valence-corrected chi connectivity index (χ4v) is 3.94. The molecule has 7 nitrogen and oxygen atoms in total. The van der Waals surface area contributed by atoms with Crippen LogP contribution in [-0.2, 0) is 9.59 Å². The molecule has 146 valence electrons. The third-order valence-electron chi connectivity index (χ3n) is 4.71. The van der Waals surface area contributed by atoms with E-state index in [1.54, 1.807) is 22.1 Å². The zero-order valence-electron chi connectivity index (χ0n) is 15.3. The Bertz CT molecular complexity index is 840. The van der Waals surface area contributed by atoms with E-state index in [9.17, 15) is 9.59 Å². The highest BCUT2D eigenvalue weighted by atomic mass is 32.2. The van der Waals surface area contributed by atoms with Crippen molar-refractivity contribution in [2.24, 2.45) is 0 Å². The number of hydrogen-bond donors (Lipinski definition) is 0. The van der Waals surface area contributed by atoms with Gasteiger partial charge in [-0.15, -0.1) is 0 Å². The van der Waals surface area contributed by atoms with E-state index in [1.807, 2.05) is 36.4 Å². The molecule has 0 saturated carbocycles. The summed E-state index contributed by atoms with van der Waals surface area (Å²) in [6.45, 7) is 2.26. The normalized spacial score (nSPS) is 18.6. The number of thioether (sulfide) groups is 1. The Morgan fingerprint density at radius 3 is 2.46 bits per heavy atom. The van der Waals surface area contributed by atoms with E-state index in [2.05, 4.69) is 4.98 Å². The first-order valence-electron chi connectivity index (χ1n) is 9.19. The highest BCUT2D eigenvalue weighted by Crippen LogP contribution is 2.31. The summed E-state index contributed by atoms with van der Waals surface area (Å²) in [5.41, 5.74) is 0. The molecule has 0 N–H and O–H groups in total. The van der Waals surface area contributed by atoms with Gasteiger partial charge in [0.15, 0.2) is 11.5 Å². The number of fused-ring (bicyclic) bond motifs is 1. The molecule has 3 heterocycles. The van der Waals surface area contributed by atoms with Gasteiger partial charge in [0.1, 0.15) is 6.61 Å². The molecule has 1 fully saturated rings. The molecule has 2 aliphatic heterocycles. The Morgan fingerprint density at radius 1 is 1.00 bits per heavy atom. The summed E-state index contributed by atoms with van der Waals surface area (Å²) in [6, 6.07) is 13.0. The lowest BCUT2D eigenvalue weighted by Crippen LogP contribution is -2.55.